The van der Waals surface area contributed by atoms with Crippen LogP contribution in [-0.2, 0) is 4.79 Å². The van der Waals surface area contributed by atoms with Crippen molar-refractivity contribution in [2.45, 2.75) is 27.2 Å². The Balaban J connectivity index is 3.86. The molecule has 0 radical (unpaired) electrons. The molecule has 0 saturated carbocycles. The Hall–Kier alpha value is -0.570. The van der Waals surface area contributed by atoms with Gasteiger partial charge in [0, 0.05) is 19.5 Å². The predicted molar refractivity (Wildman–Crippen MR) is 60.2 cm³/mol. The van der Waals surface area contributed by atoms with E-state index in [9.17, 15) is 4.79 Å². The van der Waals surface area contributed by atoms with Crippen LogP contribution in [0.1, 0.15) is 27.2 Å². The lowest BCUT2D eigenvalue weighted by molar-refractivity contribution is -0.135. The zero-order valence-corrected chi connectivity index (χ0v) is 10.1. The molecule has 1 amide bonds. The van der Waals surface area contributed by atoms with E-state index < -0.39 is 0 Å². The summed E-state index contributed by atoms with van der Waals surface area (Å²) in [5, 5.41) is 3.08. The van der Waals surface area contributed by atoms with Gasteiger partial charge in [-0.2, -0.15) is 0 Å². The fraction of sp³-hybridized carbons (Fsp3) is 0.909. The first kappa shape index (κ1) is 13.4. The van der Waals surface area contributed by atoms with Gasteiger partial charge < -0.3 is 10.2 Å². The fourth-order valence-electron chi connectivity index (χ4n) is 1.24. The van der Waals surface area contributed by atoms with Gasteiger partial charge in [-0.25, -0.2) is 0 Å². The third kappa shape index (κ3) is 4.61. The highest BCUT2D eigenvalue weighted by molar-refractivity contribution is 5.78. The van der Waals surface area contributed by atoms with Gasteiger partial charge in [-0.3, -0.25) is 4.79 Å². The van der Waals surface area contributed by atoms with Crippen LogP contribution in [0.4, 0.5) is 0 Å². The van der Waals surface area contributed by atoms with Gasteiger partial charge in [0.2, 0.25) is 5.91 Å². The first-order chi connectivity index (χ1) is 6.50. The third-order valence-electron chi connectivity index (χ3n) is 2.69. The van der Waals surface area contributed by atoms with Gasteiger partial charge >= 0.3 is 0 Å². The lowest BCUT2D eigenvalue weighted by atomic mass is 9.97. The quantitative estimate of drug-likeness (QED) is 0.656. The summed E-state index contributed by atoms with van der Waals surface area (Å²) in [5.74, 6) is 0.819. The Kier molecular flexibility index (Phi) is 6.54. The largest absolute Gasteiger partial charge is 0.345 e. The number of hydrogen-bond donors (Lipinski definition) is 1. The summed E-state index contributed by atoms with van der Waals surface area (Å²) in [6.07, 6.45) is 1.02. The normalized spacial score (nSPS) is 13.0. The van der Waals surface area contributed by atoms with Crippen LogP contribution in [0.2, 0.25) is 0 Å². The number of hydrogen-bond acceptors (Lipinski definition) is 2. The molecule has 84 valence electrons. The van der Waals surface area contributed by atoms with Crippen LogP contribution in [0, 0.1) is 11.8 Å². The van der Waals surface area contributed by atoms with Crippen LogP contribution in [0.5, 0.6) is 0 Å². The molecule has 0 aromatic carbocycles. The molecule has 0 aromatic rings. The Morgan fingerprint density at radius 3 is 2.36 bits per heavy atom. The molecular formula is C11H24N2O. The zero-order valence-electron chi connectivity index (χ0n) is 10.1. The zero-order chi connectivity index (χ0) is 11.1. The molecular weight excluding hydrogens is 176 g/mol. The van der Waals surface area contributed by atoms with Gasteiger partial charge in [-0.15, -0.1) is 0 Å². The number of amides is 1. The van der Waals surface area contributed by atoms with Crippen molar-refractivity contribution in [2.75, 3.05) is 27.2 Å². The van der Waals surface area contributed by atoms with Gasteiger partial charge in [0.15, 0.2) is 0 Å². The number of rotatable bonds is 6. The van der Waals surface area contributed by atoms with Crippen molar-refractivity contribution < 1.29 is 4.79 Å². The van der Waals surface area contributed by atoms with Crippen molar-refractivity contribution in [3.05, 3.63) is 0 Å². The number of nitrogens with one attached hydrogen (secondary N) is 1. The lowest BCUT2D eigenvalue weighted by Gasteiger charge is -2.23. The van der Waals surface area contributed by atoms with Gasteiger partial charge in [0.1, 0.15) is 0 Å². The monoisotopic (exact) mass is 200 g/mol. The lowest BCUT2D eigenvalue weighted by Crippen LogP contribution is -2.35. The van der Waals surface area contributed by atoms with Crippen LogP contribution in [0.15, 0.2) is 0 Å². The smallest absolute Gasteiger partial charge is 0.225 e. The Morgan fingerprint density at radius 1 is 1.36 bits per heavy atom. The Labute approximate surface area is 87.9 Å². The average Bonchev–Trinajstić information content (AvgIpc) is 2.15. The summed E-state index contributed by atoms with van der Waals surface area (Å²) < 4.78 is 0. The van der Waals surface area contributed by atoms with Crippen molar-refractivity contribution in [2.24, 2.45) is 11.8 Å². The van der Waals surface area contributed by atoms with Gasteiger partial charge in [0.25, 0.3) is 0 Å². The maximum Gasteiger partial charge on any atom is 0.225 e. The van der Waals surface area contributed by atoms with E-state index in [4.69, 9.17) is 0 Å². The summed E-state index contributed by atoms with van der Waals surface area (Å²) in [4.78, 5) is 13.6. The molecule has 0 aliphatic carbocycles. The fourth-order valence-corrected chi connectivity index (χ4v) is 1.24. The van der Waals surface area contributed by atoms with E-state index in [0.717, 1.165) is 19.5 Å². The van der Waals surface area contributed by atoms with E-state index in [-0.39, 0.29) is 11.8 Å². The van der Waals surface area contributed by atoms with E-state index in [1.807, 2.05) is 25.9 Å². The summed E-state index contributed by atoms with van der Waals surface area (Å²) in [6.45, 7) is 7.99. The second-order valence-electron chi connectivity index (χ2n) is 4.25. The van der Waals surface area contributed by atoms with Gasteiger partial charge in [-0.05, 0) is 25.9 Å². The second kappa shape index (κ2) is 6.82. The van der Waals surface area contributed by atoms with Crippen LogP contribution in [0.3, 0.4) is 0 Å². The maximum absolute atomic E-state index is 11.8. The average molecular weight is 200 g/mol. The molecule has 3 heteroatoms. The molecule has 1 N–H and O–H groups in total. The highest BCUT2D eigenvalue weighted by Crippen LogP contribution is 2.12. The van der Waals surface area contributed by atoms with Crippen LogP contribution in [0.25, 0.3) is 0 Å². The minimum atomic E-state index is 0.134. The summed E-state index contributed by atoms with van der Waals surface area (Å²) in [6, 6.07) is 0. The molecule has 1 unspecified atom stereocenters. The second-order valence-corrected chi connectivity index (χ2v) is 4.25. The van der Waals surface area contributed by atoms with E-state index >= 15 is 0 Å². The molecule has 0 aromatic heterocycles. The molecule has 0 rings (SSSR count). The van der Waals surface area contributed by atoms with Crippen molar-refractivity contribution in [1.82, 2.24) is 10.2 Å². The number of carbonyl (C=O) groups is 1. The Morgan fingerprint density at radius 2 is 1.93 bits per heavy atom. The Bertz CT molecular complexity index is 169. The number of nitrogens with zero attached hydrogens (tertiary/aromatic N) is 1. The van der Waals surface area contributed by atoms with Crippen molar-refractivity contribution in [1.29, 1.82) is 0 Å². The molecule has 0 bridgehead atoms. The van der Waals surface area contributed by atoms with Crippen LogP contribution in [-0.4, -0.2) is 38.0 Å². The highest BCUT2D eigenvalue weighted by atomic mass is 16.2. The summed E-state index contributed by atoms with van der Waals surface area (Å²) >= 11 is 0. The van der Waals surface area contributed by atoms with Crippen molar-refractivity contribution in [3.8, 4) is 0 Å². The van der Waals surface area contributed by atoms with Crippen LogP contribution < -0.4 is 5.32 Å². The van der Waals surface area contributed by atoms with Gasteiger partial charge in [-0.1, -0.05) is 20.8 Å². The topological polar surface area (TPSA) is 32.3 Å². The molecule has 0 aliphatic heterocycles. The first-order valence-corrected chi connectivity index (χ1v) is 5.40. The third-order valence-corrected chi connectivity index (χ3v) is 2.69. The standard InChI is InChI=1S/C11H24N2O/c1-9(2)10(3)11(14)13(5)8-6-7-12-4/h9-10,12H,6-8H2,1-5H3. The van der Waals surface area contributed by atoms with Crippen LogP contribution >= 0.6 is 0 Å². The molecule has 0 saturated heterocycles. The molecule has 3 nitrogen and oxygen atoms in total. The van der Waals surface area contributed by atoms with Crippen molar-refractivity contribution >= 4 is 5.91 Å². The van der Waals surface area contributed by atoms with E-state index in [1.165, 1.54) is 0 Å². The molecule has 0 spiro atoms. The molecule has 0 heterocycles. The SMILES string of the molecule is CNCCCN(C)C(=O)C(C)C(C)C. The molecule has 1 atom stereocenters. The first-order valence-electron chi connectivity index (χ1n) is 5.40. The molecule has 0 aliphatic rings. The minimum absolute atomic E-state index is 0.134. The van der Waals surface area contributed by atoms with Gasteiger partial charge in [0.05, 0.1) is 0 Å². The number of carbonyl (C=O) groups excluding carboxylic acids is 1. The maximum atomic E-state index is 11.8. The minimum Gasteiger partial charge on any atom is -0.345 e. The summed E-state index contributed by atoms with van der Waals surface area (Å²) in [5.41, 5.74) is 0. The predicted octanol–water partition coefficient (Wildman–Crippen LogP) is 1.35. The van der Waals surface area contributed by atoms with E-state index in [1.54, 1.807) is 0 Å². The molecule has 14 heavy (non-hydrogen) atoms. The summed E-state index contributed by atoms with van der Waals surface area (Å²) in [7, 11) is 3.81. The van der Waals surface area contributed by atoms with Crippen molar-refractivity contribution in [3.63, 3.8) is 0 Å². The molecule has 0 fully saturated rings. The highest BCUT2D eigenvalue weighted by Gasteiger charge is 2.19. The van der Waals surface area contributed by atoms with E-state index in [2.05, 4.69) is 19.2 Å². The van der Waals surface area contributed by atoms with E-state index in [0.29, 0.717) is 5.92 Å².